The fourth-order valence-electron chi connectivity index (χ4n) is 5.03. The molecule has 0 saturated carbocycles. The smallest absolute Gasteiger partial charge is 0.394 e. The fourth-order valence-corrected chi connectivity index (χ4v) is 6.02. The van der Waals surface area contributed by atoms with Gasteiger partial charge in [0.05, 0.1) is 46.9 Å². The normalized spacial score (nSPS) is 20.6. The van der Waals surface area contributed by atoms with Crippen molar-refractivity contribution in [1.82, 2.24) is 20.0 Å². The van der Waals surface area contributed by atoms with Crippen LogP contribution >= 0.6 is 11.8 Å². The molecule has 2 atom stereocenters. The average Bonchev–Trinajstić information content (AvgIpc) is 3.59. The van der Waals surface area contributed by atoms with Gasteiger partial charge in [0.15, 0.2) is 5.17 Å². The van der Waals surface area contributed by atoms with Crippen LogP contribution in [0.15, 0.2) is 52.5 Å². The van der Waals surface area contributed by atoms with E-state index in [1.54, 1.807) is 29.2 Å². The monoisotopic (exact) mass is 611 g/mol. The van der Waals surface area contributed by atoms with Crippen LogP contribution < -0.4 is 5.32 Å². The van der Waals surface area contributed by atoms with Crippen molar-refractivity contribution in [3.05, 3.63) is 69.8 Å². The molecule has 2 aromatic carbocycles. The van der Waals surface area contributed by atoms with Crippen LogP contribution in [-0.2, 0) is 28.5 Å². The lowest BCUT2D eigenvalue weighted by Crippen LogP contribution is -2.38. The molecule has 1 fully saturated rings. The molecule has 3 heterocycles. The van der Waals surface area contributed by atoms with Crippen molar-refractivity contribution in [2.75, 3.05) is 13.2 Å². The topological polar surface area (TPSA) is 99.8 Å². The number of aliphatic hydroxyl groups excluding tert-OH is 1. The first-order chi connectivity index (χ1) is 19.7. The van der Waals surface area contributed by atoms with Gasteiger partial charge in [0.25, 0.3) is 5.91 Å². The highest BCUT2D eigenvalue weighted by Crippen LogP contribution is 2.38. The Labute approximate surface area is 239 Å². The molecular weight excluding hydrogens is 588 g/mol. The molecule has 222 valence electrons. The molecule has 1 saturated heterocycles. The van der Waals surface area contributed by atoms with Gasteiger partial charge in [-0.3, -0.25) is 14.3 Å². The second-order valence-electron chi connectivity index (χ2n) is 9.92. The van der Waals surface area contributed by atoms with Crippen LogP contribution in [0.1, 0.15) is 35.6 Å². The van der Waals surface area contributed by atoms with Gasteiger partial charge in [-0.25, -0.2) is 0 Å². The Kier molecular flexibility index (Phi) is 7.83. The zero-order valence-corrected chi connectivity index (χ0v) is 22.6. The minimum atomic E-state index is -5.00. The van der Waals surface area contributed by atoms with Crippen LogP contribution in [-0.4, -0.2) is 62.0 Å². The zero-order chi connectivity index (χ0) is 30.4. The zero-order valence-electron chi connectivity index (χ0n) is 21.8. The SMILES string of the molecule is CC(=O)NC1C[C@H](CO)N(C2=NC(=O)/C(=C/c3ccc4c(cnn4Cc4ccc(C(F)(F)F)cc4C(F)(F)F)c3)S2)C1. The number of carbonyl (C=O) groups is 2. The number of rotatable bonds is 5. The van der Waals surface area contributed by atoms with Gasteiger partial charge in [-0.1, -0.05) is 12.1 Å². The van der Waals surface area contributed by atoms with Crippen LogP contribution in [0.2, 0.25) is 0 Å². The van der Waals surface area contributed by atoms with Crippen molar-refractivity contribution in [2.45, 2.75) is 44.3 Å². The molecule has 15 heteroatoms. The Balaban J connectivity index is 1.35. The number of fused-ring (bicyclic) bond motifs is 1. The third-order valence-corrected chi connectivity index (χ3v) is 7.93. The van der Waals surface area contributed by atoms with Gasteiger partial charge in [0.1, 0.15) is 0 Å². The first kappa shape index (κ1) is 29.6. The molecule has 2 aliphatic rings. The number of aromatic nitrogens is 2. The number of likely N-dealkylation sites (tertiary alicyclic amines) is 1. The van der Waals surface area contributed by atoms with E-state index < -0.39 is 35.9 Å². The number of amidine groups is 1. The molecule has 2 amide bonds. The summed E-state index contributed by atoms with van der Waals surface area (Å²) < 4.78 is 81.1. The average molecular weight is 612 g/mol. The lowest BCUT2D eigenvalue weighted by Gasteiger charge is -2.23. The molecule has 2 N–H and O–H groups in total. The van der Waals surface area contributed by atoms with Crippen molar-refractivity contribution in [3.63, 3.8) is 0 Å². The molecular formula is C27H23F6N5O3S. The maximum Gasteiger partial charge on any atom is 0.416 e. The molecule has 0 aliphatic carbocycles. The molecule has 5 rings (SSSR count). The van der Waals surface area contributed by atoms with Crippen molar-refractivity contribution in [1.29, 1.82) is 0 Å². The number of halogens is 6. The van der Waals surface area contributed by atoms with Crippen LogP contribution in [0.25, 0.3) is 17.0 Å². The van der Waals surface area contributed by atoms with Crippen molar-refractivity contribution < 1.29 is 41.0 Å². The Hall–Kier alpha value is -3.85. The van der Waals surface area contributed by atoms with Gasteiger partial charge in [-0.05, 0) is 59.7 Å². The highest BCUT2D eigenvalue weighted by atomic mass is 32.2. The predicted octanol–water partition coefficient (Wildman–Crippen LogP) is 4.66. The van der Waals surface area contributed by atoms with E-state index >= 15 is 0 Å². The van der Waals surface area contributed by atoms with Gasteiger partial charge in [-0.15, -0.1) is 0 Å². The molecule has 0 bridgehead atoms. The Morgan fingerprint density at radius 2 is 1.90 bits per heavy atom. The molecule has 8 nitrogen and oxygen atoms in total. The Bertz CT molecular complexity index is 1610. The van der Waals surface area contributed by atoms with Gasteiger partial charge in [0.2, 0.25) is 5.91 Å². The third-order valence-electron chi connectivity index (χ3n) is 6.91. The number of hydrogen-bond donors (Lipinski definition) is 2. The molecule has 42 heavy (non-hydrogen) atoms. The van der Waals surface area contributed by atoms with Gasteiger partial charge >= 0.3 is 12.4 Å². The highest BCUT2D eigenvalue weighted by molar-refractivity contribution is 8.18. The number of nitrogens with one attached hydrogen (secondary N) is 1. The number of alkyl halides is 6. The number of aliphatic hydroxyl groups is 1. The summed E-state index contributed by atoms with van der Waals surface area (Å²) in [5.74, 6) is -0.678. The fraction of sp³-hybridized carbons (Fsp3) is 0.333. The van der Waals surface area contributed by atoms with Crippen LogP contribution in [0.4, 0.5) is 26.3 Å². The first-order valence-corrected chi connectivity index (χ1v) is 13.4. The predicted molar refractivity (Wildman–Crippen MR) is 143 cm³/mol. The summed E-state index contributed by atoms with van der Waals surface area (Å²) in [4.78, 5) is 30.3. The molecule has 1 unspecified atom stereocenters. The van der Waals surface area contributed by atoms with E-state index in [0.29, 0.717) is 45.6 Å². The standard InChI is InChI=1S/C27H23F6N5O3S/c1-14(40)35-19-9-20(13-39)37(12-19)25-36-24(41)23(42-25)7-15-2-5-22-17(6-15)10-34-38(22)11-16-3-4-18(26(28,29)30)8-21(16)27(31,32)33/h2-8,10,19-20,39H,9,11-13H2,1H3,(H,35,40)/b23-7-/t19?,20-/m1/s1. The minimum Gasteiger partial charge on any atom is -0.394 e. The summed E-state index contributed by atoms with van der Waals surface area (Å²) in [7, 11) is 0. The number of nitrogens with zero attached hydrogens (tertiary/aromatic N) is 4. The maximum atomic E-state index is 13.6. The van der Waals surface area contributed by atoms with E-state index in [-0.39, 0.29) is 36.2 Å². The number of benzene rings is 2. The van der Waals surface area contributed by atoms with E-state index in [4.69, 9.17) is 0 Å². The quantitative estimate of drug-likeness (QED) is 0.322. The number of amides is 2. The number of hydrogen-bond acceptors (Lipinski definition) is 6. The molecule has 1 aromatic heterocycles. The van der Waals surface area contributed by atoms with Crippen LogP contribution in [0, 0.1) is 0 Å². The number of aliphatic imine (C=N–C) groups is 1. The summed E-state index contributed by atoms with van der Waals surface area (Å²) in [5.41, 5.74) is -2.11. The summed E-state index contributed by atoms with van der Waals surface area (Å²) in [6.45, 7) is 1.19. The minimum absolute atomic E-state index is 0.100. The van der Waals surface area contributed by atoms with E-state index in [9.17, 15) is 41.0 Å². The summed E-state index contributed by atoms with van der Waals surface area (Å²) >= 11 is 1.13. The molecule has 2 aliphatic heterocycles. The number of thioether (sulfide) groups is 1. The lowest BCUT2D eigenvalue weighted by molar-refractivity contribution is -0.143. The van der Waals surface area contributed by atoms with E-state index in [1.165, 1.54) is 17.8 Å². The van der Waals surface area contributed by atoms with Crippen LogP contribution in [0.5, 0.6) is 0 Å². The van der Waals surface area contributed by atoms with Crippen LogP contribution in [0.3, 0.4) is 0 Å². The Morgan fingerprint density at radius 3 is 2.57 bits per heavy atom. The third kappa shape index (κ3) is 6.16. The molecule has 3 aromatic rings. The second kappa shape index (κ2) is 11.1. The summed E-state index contributed by atoms with van der Waals surface area (Å²) in [6, 6.07) is 5.91. The van der Waals surface area contributed by atoms with Gasteiger partial charge in [-0.2, -0.15) is 36.4 Å². The first-order valence-electron chi connectivity index (χ1n) is 12.6. The number of carbonyl (C=O) groups excluding carboxylic acids is 2. The van der Waals surface area contributed by atoms with Crippen molar-refractivity contribution >= 4 is 45.7 Å². The lowest BCUT2D eigenvalue weighted by atomic mass is 10.0. The van der Waals surface area contributed by atoms with E-state index in [0.717, 1.165) is 17.8 Å². The van der Waals surface area contributed by atoms with Gasteiger partial charge in [0, 0.05) is 24.9 Å². The van der Waals surface area contributed by atoms with E-state index in [2.05, 4.69) is 15.4 Å². The summed E-state index contributed by atoms with van der Waals surface area (Å²) in [5, 5.41) is 17.7. The van der Waals surface area contributed by atoms with E-state index in [1.807, 2.05) is 0 Å². The van der Waals surface area contributed by atoms with Gasteiger partial charge < -0.3 is 15.3 Å². The second-order valence-corrected chi connectivity index (χ2v) is 10.9. The summed E-state index contributed by atoms with van der Waals surface area (Å²) in [6.07, 6.45) is -6.40. The van der Waals surface area contributed by atoms with Crippen molar-refractivity contribution in [3.8, 4) is 0 Å². The van der Waals surface area contributed by atoms with Crippen molar-refractivity contribution in [2.24, 2.45) is 4.99 Å². The highest BCUT2D eigenvalue weighted by Gasteiger charge is 2.39. The maximum absolute atomic E-state index is 13.6. The Morgan fingerprint density at radius 1 is 1.14 bits per heavy atom. The largest absolute Gasteiger partial charge is 0.416 e. The molecule has 0 spiro atoms. The molecule has 0 radical (unpaired) electrons.